The van der Waals surface area contributed by atoms with Gasteiger partial charge < -0.3 is 26.6 Å². The number of nitrogens with two attached hydrogens (primary N) is 2. The van der Waals surface area contributed by atoms with Crippen LogP contribution in [0, 0.1) is 0 Å². The molecule has 0 aliphatic carbocycles. The summed E-state index contributed by atoms with van der Waals surface area (Å²) in [4.78, 5) is 21.4. The number of nitrogens with zero attached hydrogens (tertiary/aromatic N) is 1. The van der Waals surface area contributed by atoms with E-state index in [-0.39, 0.29) is 0 Å². The zero-order chi connectivity index (χ0) is 14.1. The summed E-state index contributed by atoms with van der Waals surface area (Å²) in [5.41, 5.74) is 10.1. The van der Waals surface area contributed by atoms with Gasteiger partial charge in [-0.3, -0.25) is 9.59 Å². The molecule has 7 heteroatoms. The predicted molar refractivity (Wildman–Crippen MR) is 67.2 cm³/mol. The van der Waals surface area contributed by atoms with Crippen LogP contribution in [0.15, 0.2) is 0 Å². The molecule has 2 saturated heterocycles. The summed E-state index contributed by atoms with van der Waals surface area (Å²) in [5.74, 6) is -1.82. The summed E-state index contributed by atoms with van der Waals surface area (Å²) < 4.78 is 0. The summed E-state index contributed by atoms with van der Waals surface area (Å²) >= 11 is 0. The quantitative estimate of drug-likeness (QED) is 0.528. The lowest BCUT2D eigenvalue weighted by Gasteiger charge is -2.50. The minimum absolute atomic E-state index is 0.327. The largest absolute Gasteiger partial charge is 0.481 e. The Balaban J connectivity index is 0.000000255. The van der Waals surface area contributed by atoms with E-state index in [0.717, 1.165) is 13.0 Å². The number of carboxylic acid groups (broad SMARTS) is 2. The maximum absolute atomic E-state index is 9.91. The van der Waals surface area contributed by atoms with Gasteiger partial charge >= 0.3 is 5.97 Å². The average molecular weight is 261 g/mol. The molecule has 2 fully saturated rings. The van der Waals surface area contributed by atoms with E-state index < -0.39 is 18.0 Å². The second kappa shape index (κ2) is 8.84. The lowest BCUT2D eigenvalue weighted by molar-refractivity contribution is -0.138. The number of aliphatic carboxylic acids is 2. The van der Waals surface area contributed by atoms with Crippen molar-refractivity contribution < 1.29 is 19.8 Å². The molecule has 1 unspecified atom stereocenters. The second-order valence-corrected chi connectivity index (χ2v) is 4.31. The minimum Gasteiger partial charge on any atom is -0.481 e. The first-order valence-corrected chi connectivity index (χ1v) is 6.00. The van der Waals surface area contributed by atoms with Crippen molar-refractivity contribution in [3.8, 4) is 0 Å². The molecular formula is C11H23N3O4. The fraction of sp³-hybridized carbons (Fsp3) is 0.818. The predicted octanol–water partition coefficient (Wildman–Crippen LogP) is -0.698. The van der Waals surface area contributed by atoms with E-state index in [9.17, 15) is 4.79 Å². The van der Waals surface area contributed by atoms with Gasteiger partial charge in [-0.1, -0.05) is 0 Å². The van der Waals surface area contributed by atoms with Gasteiger partial charge in [-0.2, -0.15) is 0 Å². The number of carbonyl (C=O) groups is 2. The van der Waals surface area contributed by atoms with Gasteiger partial charge in [-0.15, -0.1) is 0 Å². The van der Waals surface area contributed by atoms with Crippen molar-refractivity contribution in [2.24, 2.45) is 11.5 Å². The molecule has 1 atom stereocenters. The van der Waals surface area contributed by atoms with Crippen molar-refractivity contribution in [3.63, 3.8) is 0 Å². The van der Waals surface area contributed by atoms with Crippen molar-refractivity contribution in [1.29, 1.82) is 0 Å². The van der Waals surface area contributed by atoms with Crippen LogP contribution in [0.25, 0.3) is 0 Å². The summed E-state index contributed by atoms with van der Waals surface area (Å²) in [5, 5.41) is 15.5. The minimum atomic E-state index is -0.990. The van der Waals surface area contributed by atoms with Gasteiger partial charge in [0, 0.05) is 13.0 Å². The molecule has 0 aromatic rings. The van der Waals surface area contributed by atoms with Crippen LogP contribution in [-0.4, -0.2) is 58.8 Å². The molecule has 106 valence electrons. The van der Waals surface area contributed by atoms with Gasteiger partial charge in [-0.05, 0) is 38.9 Å². The Morgan fingerprint density at radius 1 is 1.33 bits per heavy atom. The van der Waals surface area contributed by atoms with Crippen molar-refractivity contribution in [3.05, 3.63) is 0 Å². The monoisotopic (exact) mass is 261 g/mol. The van der Waals surface area contributed by atoms with Crippen LogP contribution >= 0.6 is 0 Å². The third-order valence-corrected chi connectivity index (χ3v) is 2.81. The number of hydrogen-bond acceptors (Lipinski definition) is 5. The molecular weight excluding hydrogens is 238 g/mol. The van der Waals surface area contributed by atoms with Crippen LogP contribution < -0.4 is 11.5 Å². The molecule has 0 saturated carbocycles. The van der Waals surface area contributed by atoms with E-state index in [1.165, 1.54) is 25.9 Å². The summed E-state index contributed by atoms with van der Waals surface area (Å²) in [6.07, 6.45) is 3.31. The first-order chi connectivity index (χ1) is 8.38. The van der Waals surface area contributed by atoms with Crippen molar-refractivity contribution in [1.82, 2.24) is 4.90 Å². The van der Waals surface area contributed by atoms with Crippen molar-refractivity contribution in [2.75, 3.05) is 19.6 Å². The molecule has 2 rings (SSSR count). The molecule has 0 amide bonds. The van der Waals surface area contributed by atoms with Gasteiger partial charge in [0.1, 0.15) is 6.04 Å². The Bertz CT molecular complexity index is 251. The van der Waals surface area contributed by atoms with Gasteiger partial charge in [0.25, 0.3) is 5.97 Å². The first kappa shape index (κ1) is 16.8. The Morgan fingerprint density at radius 3 is 1.78 bits per heavy atom. The second-order valence-electron chi connectivity index (χ2n) is 4.31. The van der Waals surface area contributed by atoms with Gasteiger partial charge in [0.2, 0.25) is 0 Å². The third-order valence-electron chi connectivity index (χ3n) is 2.81. The maximum atomic E-state index is 9.91. The molecule has 0 aromatic carbocycles. The lowest BCUT2D eigenvalue weighted by Crippen LogP contribution is -2.57. The Kier molecular flexibility index (Phi) is 8.27. The topological polar surface area (TPSA) is 130 Å². The Hall–Kier alpha value is -1.18. The Morgan fingerprint density at radius 2 is 1.72 bits per heavy atom. The van der Waals surface area contributed by atoms with Crippen LogP contribution in [-0.2, 0) is 9.59 Å². The smallest absolute Gasteiger partial charge is 0.320 e. The molecule has 2 aliphatic heterocycles. The molecule has 6 N–H and O–H groups in total. The molecule has 7 nitrogen and oxygen atoms in total. The summed E-state index contributed by atoms with van der Waals surface area (Å²) in [6.45, 7) is 4.20. The number of hydrogen-bond donors (Lipinski definition) is 4. The van der Waals surface area contributed by atoms with Gasteiger partial charge in [0.15, 0.2) is 0 Å². The highest BCUT2D eigenvalue weighted by atomic mass is 16.4. The molecule has 18 heavy (non-hydrogen) atoms. The highest BCUT2D eigenvalue weighted by Gasteiger charge is 2.34. The highest BCUT2D eigenvalue weighted by molar-refractivity contribution is 5.72. The van der Waals surface area contributed by atoms with E-state index in [1.807, 2.05) is 0 Å². The number of fused-ring (bicyclic) bond motifs is 1. The van der Waals surface area contributed by atoms with Gasteiger partial charge in [-0.25, -0.2) is 0 Å². The number of rotatable bonds is 3. The van der Waals surface area contributed by atoms with Crippen LogP contribution in [0.3, 0.4) is 0 Å². The van der Waals surface area contributed by atoms with Crippen LogP contribution in [0.5, 0.6) is 0 Å². The molecule has 0 spiro atoms. The van der Waals surface area contributed by atoms with Gasteiger partial charge in [0.05, 0.1) is 0 Å². The van der Waals surface area contributed by atoms with Crippen LogP contribution in [0.4, 0.5) is 0 Å². The zero-order valence-corrected chi connectivity index (χ0v) is 10.7. The molecule has 2 heterocycles. The maximum Gasteiger partial charge on any atom is 0.320 e. The molecule has 0 radical (unpaired) electrons. The zero-order valence-electron chi connectivity index (χ0n) is 10.7. The van der Waals surface area contributed by atoms with E-state index in [2.05, 4.69) is 4.90 Å². The summed E-state index contributed by atoms with van der Waals surface area (Å²) in [7, 11) is 0. The number of carboxylic acids is 2. The average Bonchev–Trinajstić information content (AvgIpc) is 2.23. The molecule has 0 bridgehead atoms. The van der Waals surface area contributed by atoms with E-state index in [4.69, 9.17) is 26.5 Å². The van der Waals surface area contributed by atoms with Crippen LogP contribution in [0.2, 0.25) is 0 Å². The third kappa shape index (κ3) is 7.21. The standard InChI is InChI=1S/C5H9N.C4H10N2O2.C2H4O2/c1-3-6-4-2-5(1)6;5-2-1-3(6)4(7)8;1-2(3)4/h5H,1-4H2;3H,1-2,5-6H2,(H,7,8);1H3,(H,3,4). The van der Waals surface area contributed by atoms with E-state index in [1.54, 1.807) is 0 Å². The fourth-order valence-corrected chi connectivity index (χ4v) is 1.55. The lowest BCUT2D eigenvalue weighted by atomic mass is 9.91. The fourth-order valence-electron chi connectivity index (χ4n) is 1.55. The molecule has 2 aliphatic rings. The van der Waals surface area contributed by atoms with Crippen molar-refractivity contribution >= 4 is 11.9 Å². The highest BCUT2D eigenvalue weighted by Crippen LogP contribution is 2.28. The van der Waals surface area contributed by atoms with E-state index >= 15 is 0 Å². The van der Waals surface area contributed by atoms with Crippen LogP contribution in [0.1, 0.15) is 26.2 Å². The van der Waals surface area contributed by atoms with E-state index in [0.29, 0.717) is 13.0 Å². The summed E-state index contributed by atoms with van der Waals surface area (Å²) in [6, 6.07) is 0.255. The normalized spacial score (nSPS) is 18.6. The SMILES string of the molecule is C1CN2CCC12.CC(=O)O.NCCC(N)C(=O)O. The number of piperidine rings is 1. The first-order valence-electron chi connectivity index (χ1n) is 6.00. The Labute approximate surface area is 107 Å². The molecule has 0 aromatic heterocycles. The van der Waals surface area contributed by atoms with Crippen molar-refractivity contribution in [2.45, 2.75) is 38.3 Å².